The van der Waals surface area contributed by atoms with Crippen molar-refractivity contribution in [3.8, 4) is 0 Å². The summed E-state index contributed by atoms with van der Waals surface area (Å²) in [7, 11) is -3.39. The molecule has 0 amide bonds. The summed E-state index contributed by atoms with van der Waals surface area (Å²) in [4.78, 5) is 23.6. The van der Waals surface area contributed by atoms with Crippen molar-refractivity contribution in [2.45, 2.75) is 20.4 Å². The van der Waals surface area contributed by atoms with Crippen molar-refractivity contribution in [1.29, 1.82) is 0 Å². The van der Waals surface area contributed by atoms with Gasteiger partial charge in [0.25, 0.3) is 0 Å². The minimum absolute atomic E-state index is 0.0432. The highest BCUT2D eigenvalue weighted by Gasteiger charge is 2.15. The van der Waals surface area contributed by atoms with Gasteiger partial charge in [-0.05, 0) is 37.6 Å². The van der Waals surface area contributed by atoms with Crippen LogP contribution < -0.4 is 4.72 Å². The van der Waals surface area contributed by atoms with E-state index in [1.807, 2.05) is 0 Å². The first-order chi connectivity index (χ1) is 10.3. The van der Waals surface area contributed by atoms with Crippen LogP contribution in [0.3, 0.4) is 0 Å². The first-order valence-corrected chi connectivity index (χ1v) is 8.58. The third kappa shape index (κ3) is 5.82. The van der Waals surface area contributed by atoms with Gasteiger partial charge in [0.15, 0.2) is 0 Å². The van der Waals surface area contributed by atoms with Gasteiger partial charge < -0.3 is 9.47 Å². The quantitative estimate of drug-likeness (QED) is 0.752. The number of hydrogen-bond donors (Lipinski definition) is 1. The van der Waals surface area contributed by atoms with Crippen LogP contribution in [0.25, 0.3) is 0 Å². The minimum Gasteiger partial charge on any atom is -0.462 e. The van der Waals surface area contributed by atoms with E-state index in [2.05, 4.69) is 4.72 Å². The number of carbonyl (C=O) groups excluding carboxylic acids is 2. The van der Waals surface area contributed by atoms with Crippen LogP contribution >= 0.6 is 0 Å². The maximum atomic E-state index is 11.8. The van der Waals surface area contributed by atoms with Gasteiger partial charge in [0.1, 0.15) is 0 Å². The van der Waals surface area contributed by atoms with Crippen molar-refractivity contribution in [3.63, 3.8) is 0 Å². The largest absolute Gasteiger partial charge is 0.462 e. The fourth-order valence-corrected chi connectivity index (χ4v) is 2.10. The first-order valence-electron chi connectivity index (χ1n) is 6.69. The van der Waals surface area contributed by atoms with Crippen molar-refractivity contribution >= 4 is 22.0 Å². The maximum Gasteiger partial charge on any atom is 0.338 e. The second-order valence-electron chi connectivity index (χ2n) is 4.45. The lowest BCUT2D eigenvalue weighted by Crippen LogP contribution is -2.22. The summed E-state index contributed by atoms with van der Waals surface area (Å²) >= 11 is 0. The molecule has 0 aliphatic carbocycles. The number of carbonyl (C=O) groups is 2. The van der Waals surface area contributed by atoms with Gasteiger partial charge in [-0.25, -0.2) is 22.7 Å². The first kappa shape index (κ1) is 18.1. The molecule has 0 radical (unpaired) electrons. The van der Waals surface area contributed by atoms with Crippen LogP contribution in [-0.2, 0) is 26.0 Å². The van der Waals surface area contributed by atoms with E-state index in [4.69, 9.17) is 9.47 Å². The SMILES string of the molecule is CCOC(=O)c1cc(CNS(C)(=O)=O)cc(C(=O)OCC)c1. The average Bonchev–Trinajstić information content (AvgIpc) is 2.44. The Morgan fingerprint density at radius 1 is 1.00 bits per heavy atom. The number of rotatable bonds is 7. The molecular formula is C14H19NO6S. The van der Waals surface area contributed by atoms with E-state index in [0.29, 0.717) is 5.56 Å². The molecule has 0 bridgehead atoms. The van der Waals surface area contributed by atoms with Crippen molar-refractivity contribution in [3.05, 3.63) is 34.9 Å². The second-order valence-corrected chi connectivity index (χ2v) is 6.29. The molecule has 1 rings (SSSR count). The molecule has 0 spiro atoms. The summed E-state index contributed by atoms with van der Waals surface area (Å²) in [5, 5.41) is 0. The molecular weight excluding hydrogens is 310 g/mol. The molecule has 22 heavy (non-hydrogen) atoms. The zero-order valence-corrected chi connectivity index (χ0v) is 13.5. The molecule has 0 unspecified atom stereocenters. The van der Waals surface area contributed by atoms with E-state index < -0.39 is 22.0 Å². The Morgan fingerprint density at radius 3 is 1.82 bits per heavy atom. The average molecular weight is 329 g/mol. The standard InChI is InChI=1S/C14H19NO6S/c1-4-20-13(16)11-6-10(9-15-22(3,18)19)7-12(8-11)14(17)21-5-2/h6-8,15H,4-5,9H2,1-3H3. The summed E-state index contributed by atoms with van der Waals surface area (Å²) in [5.41, 5.74) is 0.787. The Kier molecular flexibility index (Phi) is 6.51. The molecule has 1 N–H and O–H groups in total. The topological polar surface area (TPSA) is 98.8 Å². The summed E-state index contributed by atoms with van der Waals surface area (Å²) in [6.45, 7) is 3.68. The van der Waals surface area contributed by atoms with E-state index in [1.165, 1.54) is 18.2 Å². The van der Waals surface area contributed by atoms with Crippen LogP contribution in [0.2, 0.25) is 0 Å². The molecule has 0 aliphatic rings. The summed E-state index contributed by atoms with van der Waals surface area (Å²) < 4.78 is 34.4. The van der Waals surface area contributed by atoms with E-state index >= 15 is 0 Å². The van der Waals surface area contributed by atoms with Crippen LogP contribution in [-0.4, -0.2) is 39.8 Å². The molecule has 0 aromatic heterocycles. The van der Waals surface area contributed by atoms with E-state index in [9.17, 15) is 18.0 Å². The summed E-state index contributed by atoms with van der Waals surface area (Å²) in [6, 6.07) is 4.30. The summed E-state index contributed by atoms with van der Waals surface area (Å²) in [5.74, 6) is -1.18. The van der Waals surface area contributed by atoms with Gasteiger partial charge in [0.05, 0.1) is 30.6 Å². The van der Waals surface area contributed by atoms with E-state index in [1.54, 1.807) is 13.8 Å². The highest BCUT2D eigenvalue weighted by atomic mass is 32.2. The lowest BCUT2D eigenvalue weighted by atomic mass is 10.1. The number of nitrogens with one attached hydrogen (secondary N) is 1. The molecule has 0 saturated heterocycles. The zero-order chi connectivity index (χ0) is 16.8. The van der Waals surface area contributed by atoms with Gasteiger partial charge in [0.2, 0.25) is 10.0 Å². The van der Waals surface area contributed by atoms with Gasteiger partial charge in [-0.1, -0.05) is 0 Å². The van der Waals surface area contributed by atoms with Crippen LogP contribution in [0.1, 0.15) is 40.1 Å². The maximum absolute atomic E-state index is 11.8. The molecule has 8 heteroatoms. The predicted octanol–water partition coefficient (Wildman–Crippen LogP) is 1.09. The Bertz CT molecular complexity index is 617. The van der Waals surface area contributed by atoms with E-state index in [-0.39, 0.29) is 30.9 Å². The molecule has 0 atom stereocenters. The number of sulfonamides is 1. The zero-order valence-electron chi connectivity index (χ0n) is 12.7. The van der Waals surface area contributed by atoms with Crippen molar-refractivity contribution in [2.75, 3.05) is 19.5 Å². The smallest absolute Gasteiger partial charge is 0.338 e. The van der Waals surface area contributed by atoms with Gasteiger partial charge in [-0.2, -0.15) is 0 Å². The fourth-order valence-electron chi connectivity index (χ4n) is 1.67. The number of esters is 2. The molecule has 122 valence electrons. The normalized spacial score (nSPS) is 11.0. The van der Waals surface area contributed by atoms with Crippen molar-refractivity contribution in [1.82, 2.24) is 4.72 Å². The van der Waals surface area contributed by atoms with Crippen molar-refractivity contribution in [2.24, 2.45) is 0 Å². The highest BCUT2D eigenvalue weighted by molar-refractivity contribution is 7.88. The van der Waals surface area contributed by atoms with Gasteiger partial charge in [-0.15, -0.1) is 0 Å². The predicted molar refractivity (Wildman–Crippen MR) is 80.0 cm³/mol. The lowest BCUT2D eigenvalue weighted by Gasteiger charge is -2.09. The van der Waals surface area contributed by atoms with E-state index in [0.717, 1.165) is 6.26 Å². The third-order valence-corrected chi connectivity index (χ3v) is 3.22. The molecule has 0 fully saturated rings. The molecule has 0 saturated carbocycles. The number of benzene rings is 1. The summed E-state index contributed by atoms with van der Waals surface area (Å²) in [6.07, 6.45) is 1.02. The Labute approximate surface area is 129 Å². The Morgan fingerprint density at radius 2 is 1.45 bits per heavy atom. The van der Waals surface area contributed by atoms with Crippen LogP contribution in [0.15, 0.2) is 18.2 Å². The minimum atomic E-state index is -3.39. The number of ether oxygens (including phenoxy) is 2. The molecule has 0 heterocycles. The Hall–Kier alpha value is -1.93. The Balaban J connectivity index is 3.14. The molecule has 0 aliphatic heterocycles. The van der Waals surface area contributed by atoms with Crippen LogP contribution in [0.5, 0.6) is 0 Å². The van der Waals surface area contributed by atoms with Crippen LogP contribution in [0, 0.1) is 0 Å². The molecule has 1 aromatic carbocycles. The fraction of sp³-hybridized carbons (Fsp3) is 0.429. The van der Waals surface area contributed by atoms with Crippen molar-refractivity contribution < 1.29 is 27.5 Å². The second kappa shape index (κ2) is 7.90. The van der Waals surface area contributed by atoms with Crippen LogP contribution in [0.4, 0.5) is 0 Å². The molecule has 7 nitrogen and oxygen atoms in total. The highest BCUT2D eigenvalue weighted by Crippen LogP contribution is 2.13. The lowest BCUT2D eigenvalue weighted by molar-refractivity contribution is 0.0525. The monoisotopic (exact) mass is 329 g/mol. The van der Waals surface area contributed by atoms with Gasteiger partial charge in [0, 0.05) is 6.54 Å². The van der Waals surface area contributed by atoms with Gasteiger partial charge in [-0.3, -0.25) is 0 Å². The molecule has 1 aromatic rings. The third-order valence-electron chi connectivity index (χ3n) is 2.55. The van der Waals surface area contributed by atoms with Gasteiger partial charge >= 0.3 is 11.9 Å². The number of hydrogen-bond acceptors (Lipinski definition) is 6.